The lowest BCUT2D eigenvalue weighted by Gasteiger charge is -1.92. The molecule has 0 atom stereocenters. The molecule has 1 rings (SSSR count). The van der Waals surface area contributed by atoms with Gasteiger partial charge in [0.05, 0.1) is 0 Å². The number of nitrogens with one attached hydrogen (secondary N) is 1. The van der Waals surface area contributed by atoms with E-state index in [1.807, 2.05) is 23.9 Å². The van der Waals surface area contributed by atoms with Gasteiger partial charge in [-0.25, -0.2) is 5.43 Å². The van der Waals surface area contributed by atoms with Crippen molar-refractivity contribution in [3.63, 3.8) is 0 Å². The highest BCUT2D eigenvalue weighted by Gasteiger charge is 1.92. The normalized spacial score (nSPS) is 11.6. The van der Waals surface area contributed by atoms with Gasteiger partial charge in [0.1, 0.15) is 0 Å². The molecule has 0 bridgehead atoms. The summed E-state index contributed by atoms with van der Waals surface area (Å²) in [6.45, 7) is 1.98. The standard InChI is InChI=1S/C6H9N3OS/c1-5-3-11-6(9(5)2)8-7-4-10/h3-4H,1-2H3,(H,7,10). The molecule has 0 unspecified atom stereocenters. The Bertz CT molecular complexity index is 312. The molecule has 0 aromatic carbocycles. The Hall–Kier alpha value is -1.10. The molecule has 5 heteroatoms. The van der Waals surface area contributed by atoms with Gasteiger partial charge in [-0.2, -0.15) is 0 Å². The van der Waals surface area contributed by atoms with Crippen LogP contribution in [0.2, 0.25) is 0 Å². The molecule has 0 spiro atoms. The van der Waals surface area contributed by atoms with Crippen molar-refractivity contribution in [3.8, 4) is 0 Å². The lowest BCUT2D eigenvalue weighted by atomic mass is 10.6. The van der Waals surface area contributed by atoms with E-state index in [9.17, 15) is 4.79 Å². The van der Waals surface area contributed by atoms with E-state index in [2.05, 4.69) is 10.5 Å². The van der Waals surface area contributed by atoms with Gasteiger partial charge in [0.15, 0.2) is 0 Å². The molecule has 1 heterocycles. The number of carbonyl (C=O) groups excluding carboxylic acids is 1. The van der Waals surface area contributed by atoms with Gasteiger partial charge in [-0.1, -0.05) is 0 Å². The predicted octanol–water partition coefficient (Wildman–Crippen LogP) is -0.0433. The summed E-state index contributed by atoms with van der Waals surface area (Å²) in [6, 6.07) is 0. The summed E-state index contributed by atoms with van der Waals surface area (Å²) in [5, 5.41) is 5.79. The van der Waals surface area contributed by atoms with E-state index in [0.717, 1.165) is 10.5 Å². The van der Waals surface area contributed by atoms with E-state index in [1.54, 1.807) is 0 Å². The summed E-state index contributed by atoms with van der Waals surface area (Å²) in [5.41, 5.74) is 3.38. The molecular formula is C6H9N3OS. The maximum Gasteiger partial charge on any atom is 0.227 e. The lowest BCUT2D eigenvalue weighted by Crippen LogP contribution is -2.16. The van der Waals surface area contributed by atoms with Crippen molar-refractivity contribution in [1.82, 2.24) is 9.99 Å². The van der Waals surface area contributed by atoms with Gasteiger partial charge >= 0.3 is 0 Å². The monoisotopic (exact) mass is 171 g/mol. The van der Waals surface area contributed by atoms with Crippen molar-refractivity contribution in [3.05, 3.63) is 15.9 Å². The number of aryl methyl sites for hydroxylation is 1. The smallest absolute Gasteiger partial charge is 0.227 e. The maximum atomic E-state index is 9.89. The van der Waals surface area contributed by atoms with Gasteiger partial charge in [0.2, 0.25) is 11.2 Å². The van der Waals surface area contributed by atoms with Crippen LogP contribution in [-0.2, 0) is 11.8 Å². The average molecular weight is 171 g/mol. The first-order valence-corrected chi connectivity index (χ1v) is 3.97. The Kier molecular flexibility index (Phi) is 2.43. The Morgan fingerprint density at radius 2 is 2.55 bits per heavy atom. The molecule has 0 saturated carbocycles. The molecule has 0 fully saturated rings. The van der Waals surface area contributed by atoms with Gasteiger partial charge in [-0.05, 0) is 6.92 Å². The minimum atomic E-state index is 0.551. The third-order valence-electron chi connectivity index (χ3n) is 1.36. The number of hydrogen-bond donors (Lipinski definition) is 1. The predicted molar refractivity (Wildman–Crippen MR) is 42.8 cm³/mol. The van der Waals surface area contributed by atoms with Gasteiger partial charge < -0.3 is 4.57 Å². The van der Waals surface area contributed by atoms with E-state index in [4.69, 9.17) is 0 Å². The van der Waals surface area contributed by atoms with E-state index >= 15 is 0 Å². The number of rotatable bonds is 2. The summed E-state index contributed by atoms with van der Waals surface area (Å²) in [7, 11) is 1.90. The molecule has 1 aromatic rings. The van der Waals surface area contributed by atoms with E-state index < -0.39 is 0 Å². The van der Waals surface area contributed by atoms with E-state index in [0.29, 0.717) is 6.41 Å². The van der Waals surface area contributed by atoms with Crippen LogP contribution in [0, 0.1) is 6.92 Å². The molecule has 0 radical (unpaired) electrons. The average Bonchev–Trinajstić information content (AvgIpc) is 2.31. The first-order chi connectivity index (χ1) is 5.25. The van der Waals surface area contributed by atoms with Crippen molar-refractivity contribution in [2.24, 2.45) is 12.1 Å². The van der Waals surface area contributed by atoms with Gasteiger partial charge in [0.25, 0.3) is 0 Å². The molecule has 1 amide bonds. The Balaban J connectivity index is 3.03. The Labute approximate surface area is 68.2 Å². The summed E-state index contributed by atoms with van der Waals surface area (Å²) >= 11 is 1.49. The van der Waals surface area contributed by atoms with Gasteiger partial charge in [-0.3, -0.25) is 4.79 Å². The van der Waals surface area contributed by atoms with Gasteiger partial charge in [0, 0.05) is 18.1 Å². The highest BCUT2D eigenvalue weighted by atomic mass is 32.1. The van der Waals surface area contributed by atoms with Gasteiger partial charge in [-0.15, -0.1) is 16.4 Å². The Morgan fingerprint density at radius 3 is 3.00 bits per heavy atom. The molecule has 11 heavy (non-hydrogen) atoms. The van der Waals surface area contributed by atoms with Crippen molar-refractivity contribution < 1.29 is 4.79 Å². The van der Waals surface area contributed by atoms with Crippen LogP contribution in [0.25, 0.3) is 0 Å². The SMILES string of the molecule is Cc1csc(=NNC=O)n1C. The largest absolute Gasteiger partial charge is 0.323 e. The van der Waals surface area contributed by atoms with Crippen LogP contribution >= 0.6 is 11.3 Å². The second kappa shape index (κ2) is 3.34. The van der Waals surface area contributed by atoms with Crippen LogP contribution in [-0.4, -0.2) is 11.0 Å². The minimum Gasteiger partial charge on any atom is -0.323 e. The van der Waals surface area contributed by atoms with Crippen molar-refractivity contribution in [2.75, 3.05) is 0 Å². The molecule has 60 valence electrons. The fourth-order valence-corrected chi connectivity index (χ4v) is 1.47. The zero-order valence-corrected chi connectivity index (χ0v) is 7.18. The summed E-state index contributed by atoms with van der Waals surface area (Å²) in [4.78, 5) is 10.7. The fourth-order valence-electron chi connectivity index (χ4n) is 0.630. The molecule has 0 aliphatic carbocycles. The summed E-state index contributed by atoms with van der Waals surface area (Å²) in [5.74, 6) is 0. The number of hydrogen-bond acceptors (Lipinski definition) is 3. The zero-order chi connectivity index (χ0) is 8.27. The maximum absolute atomic E-state index is 9.89. The molecule has 0 aliphatic heterocycles. The number of carbonyl (C=O) groups is 1. The topological polar surface area (TPSA) is 46.4 Å². The van der Waals surface area contributed by atoms with Crippen LogP contribution in [0.1, 0.15) is 5.69 Å². The number of aromatic nitrogens is 1. The number of amides is 1. The van der Waals surface area contributed by atoms with E-state index in [-0.39, 0.29) is 0 Å². The minimum absolute atomic E-state index is 0.551. The third-order valence-corrected chi connectivity index (χ3v) is 2.40. The third kappa shape index (κ3) is 1.68. The summed E-state index contributed by atoms with van der Waals surface area (Å²) in [6.07, 6.45) is 0.551. The van der Waals surface area contributed by atoms with Crippen LogP contribution in [0.3, 0.4) is 0 Å². The van der Waals surface area contributed by atoms with Crippen molar-refractivity contribution >= 4 is 17.7 Å². The number of nitrogens with zero attached hydrogens (tertiary/aromatic N) is 2. The Morgan fingerprint density at radius 1 is 1.82 bits per heavy atom. The van der Waals surface area contributed by atoms with Crippen molar-refractivity contribution in [2.45, 2.75) is 6.92 Å². The second-order valence-corrected chi connectivity index (χ2v) is 2.91. The highest BCUT2D eigenvalue weighted by molar-refractivity contribution is 7.07. The number of thiazole rings is 1. The molecular weight excluding hydrogens is 162 g/mol. The second-order valence-electron chi connectivity index (χ2n) is 2.08. The van der Waals surface area contributed by atoms with Crippen LogP contribution in [0.5, 0.6) is 0 Å². The molecule has 4 nitrogen and oxygen atoms in total. The van der Waals surface area contributed by atoms with E-state index in [1.165, 1.54) is 11.3 Å². The highest BCUT2D eigenvalue weighted by Crippen LogP contribution is 1.95. The zero-order valence-electron chi connectivity index (χ0n) is 6.37. The van der Waals surface area contributed by atoms with Crippen LogP contribution in [0.15, 0.2) is 10.5 Å². The first kappa shape index (κ1) is 8.00. The summed E-state index contributed by atoms with van der Waals surface area (Å²) < 4.78 is 1.90. The lowest BCUT2D eigenvalue weighted by molar-refractivity contribution is -0.109. The van der Waals surface area contributed by atoms with Crippen molar-refractivity contribution in [1.29, 1.82) is 0 Å². The fraction of sp³-hybridized carbons (Fsp3) is 0.333. The molecule has 0 aliphatic rings. The molecule has 1 N–H and O–H groups in total. The first-order valence-electron chi connectivity index (χ1n) is 3.09. The van der Waals surface area contributed by atoms with Crippen LogP contribution < -0.4 is 10.2 Å². The molecule has 1 aromatic heterocycles. The quantitative estimate of drug-likeness (QED) is 0.492. The molecule has 0 saturated heterocycles. The van der Waals surface area contributed by atoms with Crippen LogP contribution in [0.4, 0.5) is 0 Å².